The minimum Gasteiger partial charge on any atom is -0.321 e. The van der Waals surface area contributed by atoms with Gasteiger partial charge in [0.25, 0.3) is 0 Å². The van der Waals surface area contributed by atoms with Gasteiger partial charge in [0.1, 0.15) is 0 Å². The van der Waals surface area contributed by atoms with Crippen LogP contribution in [0.5, 0.6) is 0 Å². The molecule has 0 aromatic heterocycles. The van der Waals surface area contributed by atoms with Crippen molar-refractivity contribution < 1.29 is 58.2 Å². The first-order valence-corrected chi connectivity index (χ1v) is 1.97. The Morgan fingerprint density at radius 1 is 1.17 bits per heavy atom. The molecule has 0 fully saturated rings. The van der Waals surface area contributed by atoms with E-state index in [1.165, 1.54) is 12.8 Å². The van der Waals surface area contributed by atoms with Crippen LogP contribution >= 0.6 is 0 Å². The predicted molar refractivity (Wildman–Crippen MR) is 22.7 cm³/mol. The zero-order chi connectivity index (χ0) is 3.54. The average Bonchev–Trinajstić information content (AvgIpc) is 1.76. The molecule has 0 bridgehead atoms. The normalized spacial score (nSPS) is 17.3. The van der Waals surface area contributed by atoms with E-state index >= 15 is 0 Å². The first-order chi connectivity index (χ1) is 2.50. The molecule has 1 rings (SSSR count). The summed E-state index contributed by atoms with van der Waals surface area (Å²) in [6.45, 7) is 0. The van der Waals surface area contributed by atoms with Crippen molar-refractivity contribution in [2.75, 3.05) is 0 Å². The van der Waals surface area contributed by atoms with Crippen LogP contribution in [-0.4, -0.2) is 0 Å². The summed E-state index contributed by atoms with van der Waals surface area (Å²) in [4.78, 5) is 0. The third-order valence-corrected chi connectivity index (χ3v) is 0.772. The second-order valence-electron chi connectivity index (χ2n) is 1.23. The minimum absolute atomic E-state index is 0. The Kier molecular flexibility index (Phi) is 5.91. The smallest absolute Gasteiger partial charge is 0.321 e. The van der Waals surface area contributed by atoms with Crippen LogP contribution in [0.2, 0.25) is 0 Å². The van der Waals surface area contributed by atoms with Crippen LogP contribution in [0.15, 0.2) is 12.2 Å². The first kappa shape index (κ1) is 7.55. The van der Waals surface area contributed by atoms with Crippen molar-refractivity contribution in [2.24, 2.45) is 0 Å². The van der Waals surface area contributed by atoms with E-state index in [1.807, 2.05) is 0 Å². The van der Waals surface area contributed by atoms with Gasteiger partial charge in [0, 0.05) is 0 Å². The summed E-state index contributed by atoms with van der Waals surface area (Å²) in [5.74, 6) is 0. The molecule has 1 heteroatoms. The summed E-state index contributed by atoms with van der Waals surface area (Å²) < 4.78 is 0. The van der Waals surface area contributed by atoms with E-state index in [9.17, 15) is 0 Å². The third-order valence-electron chi connectivity index (χ3n) is 0.772. The topological polar surface area (TPSA) is 0 Å². The van der Waals surface area contributed by atoms with Crippen molar-refractivity contribution in [3.63, 3.8) is 0 Å². The Bertz CT molecular complexity index is 41.9. The molecule has 0 atom stereocenters. The molecule has 0 heterocycles. The third kappa shape index (κ3) is 2.67. The van der Waals surface area contributed by atoms with Gasteiger partial charge in [-0.05, 0) is 0 Å². The zero-order valence-electron chi connectivity index (χ0n) is 4.15. The predicted octanol–water partition coefficient (Wildman–Crippen LogP) is -1.46. The zero-order valence-corrected chi connectivity index (χ0v) is 9.06. The van der Waals surface area contributed by atoms with Crippen LogP contribution in [0.1, 0.15) is 12.8 Å². The van der Waals surface area contributed by atoms with Gasteiger partial charge in [-0.3, -0.25) is 0 Å². The van der Waals surface area contributed by atoms with Crippen molar-refractivity contribution in [3.8, 4) is 0 Å². The molecule has 0 aromatic carbocycles. The Morgan fingerprint density at radius 2 is 1.67 bits per heavy atom. The molecule has 1 aliphatic rings. The molecule has 0 N–H and O–H groups in total. The largest absolute Gasteiger partial charge is 1.00 e. The maximum Gasteiger partial charge on any atom is 1.00 e. The molecule has 0 aromatic rings. The van der Waals surface area contributed by atoms with Crippen LogP contribution in [0.4, 0.5) is 0 Å². The molecule has 0 amide bonds. The Balaban J connectivity index is 0.000000250. The quantitative estimate of drug-likeness (QED) is 0.294. The average molecular weight is 153 g/mol. The van der Waals surface area contributed by atoms with Crippen molar-refractivity contribution >= 4 is 0 Å². The van der Waals surface area contributed by atoms with E-state index in [1.54, 1.807) is 0 Å². The Hall–Kier alpha value is 1.55. The van der Waals surface area contributed by atoms with Crippen molar-refractivity contribution in [1.82, 2.24) is 0 Å². The van der Waals surface area contributed by atoms with E-state index in [-0.39, 0.29) is 58.2 Å². The van der Waals surface area contributed by atoms with Crippen molar-refractivity contribution in [2.45, 2.75) is 12.8 Å². The summed E-state index contributed by atoms with van der Waals surface area (Å²) in [7, 11) is 0. The molecule has 6 heavy (non-hydrogen) atoms. The van der Waals surface area contributed by atoms with Crippen molar-refractivity contribution in [1.29, 1.82) is 0 Å². The molecule has 1 aliphatic carbocycles. The fraction of sp³-hybridized carbons (Fsp3) is 0.400. The second-order valence-corrected chi connectivity index (χ2v) is 1.23. The molecule has 0 unspecified atom stereocenters. The Labute approximate surface area is 87.8 Å². The number of allylic oxidation sites excluding steroid dienone is 2. The van der Waals surface area contributed by atoms with Crippen LogP contribution in [0.3, 0.4) is 0 Å². The number of rotatable bonds is 0. The maximum absolute atomic E-state index is 2.25. The molecular weight excluding hydrogens is 146 g/mol. The molecule has 0 nitrogen and oxygen atoms in total. The fourth-order valence-electron chi connectivity index (χ4n) is 0.481. The minimum atomic E-state index is 0. The van der Waals surface area contributed by atoms with Crippen molar-refractivity contribution in [3.05, 3.63) is 18.6 Å². The van der Waals surface area contributed by atoms with Crippen LogP contribution in [0.25, 0.3) is 0 Å². The summed E-state index contributed by atoms with van der Waals surface area (Å²) in [5.41, 5.74) is 0. The molecular formula is C5H7Rb. The summed E-state index contributed by atoms with van der Waals surface area (Å²) in [6, 6.07) is 0. The molecule has 0 spiro atoms. The number of hydrogen-bond donors (Lipinski definition) is 0. The molecule has 0 radical (unpaired) electrons. The van der Waals surface area contributed by atoms with Gasteiger partial charge >= 0.3 is 58.2 Å². The first-order valence-electron chi connectivity index (χ1n) is 1.97. The van der Waals surface area contributed by atoms with Gasteiger partial charge in [-0.1, -0.05) is 0 Å². The molecule has 0 saturated carbocycles. The fourth-order valence-corrected chi connectivity index (χ4v) is 0.481. The maximum atomic E-state index is 2.25. The van der Waals surface area contributed by atoms with Crippen LogP contribution in [0, 0.1) is 6.42 Å². The van der Waals surface area contributed by atoms with Crippen LogP contribution < -0.4 is 58.2 Å². The van der Waals surface area contributed by atoms with Gasteiger partial charge in [0.2, 0.25) is 0 Å². The van der Waals surface area contributed by atoms with Gasteiger partial charge in [0.15, 0.2) is 0 Å². The number of hydrogen-bond acceptors (Lipinski definition) is 0. The standard InChI is InChI=1S/C5H7.Rb/c1-2-4-5-3-1;/h1-2,5H,3-4H2;/q-1;+1. The van der Waals surface area contributed by atoms with Gasteiger partial charge in [0.05, 0.1) is 0 Å². The van der Waals surface area contributed by atoms with E-state index in [0.29, 0.717) is 0 Å². The molecule has 28 valence electrons. The van der Waals surface area contributed by atoms with Crippen LogP contribution in [-0.2, 0) is 0 Å². The Morgan fingerprint density at radius 3 is 1.83 bits per heavy atom. The summed E-state index contributed by atoms with van der Waals surface area (Å²) >= 11 is 0. The molecule has 0 aliphatic heterocycles. The van der Waals surface area contributed by atoms with E-state index in [2.05, 4.69) is 18.6 Å². The summed E-state index contributed by atoms with van der Waals surface area (Å²) in [6.07, 6.45) is 9.00. The SMILES string of the molecule is C1=CC[CH-]C1.[Rb+]. The van der Waals surface area contributed by atoms with Gasteiger partial charge in [-0.2, -0.15) is 12.8 Å². The van der Waals surface area contributed by atoms with Gasteiger partial charge < -0.3 is 6.42 Å². The van der Waals surface area contributed by atoms with E-state index < -0.39 is 0 Å². The van der Waals surface area contributed by atoms with E-state index in [0.717, 1.165) is 0 Å². The van der Waals surface area contributed by atoms with Gasteiger partial charge in [-0.15, -0.1) is 12.2 Å². The van der Waals surface area contributed by atoms with Gasteiger partial charge in [-0.25, -0.2) is 0 Å². The summed E-state index contributed by atoms with van der Waals surface area (Å²) in [5, 5.41) is 0. The molecule has 0 saturated heterocycles. The monoisotopic (exact) mass is 152 g/mol. The second kappa shape index (κ2) is 4.70. The van der Waals surface area contributed by atoms with E-state index in [4.69, 9.17) is 0 Å².